The van der Waals surface area contributed by atoms with Crippen LogP contribution in [0.25, 0.3) is 11.1 Å². The van der Waals surface area contributed by atoms with Crippen LogP contribution in [0, 0.1) is 10.8 Å². The van der Waals surface area contributed by atoms with Crippen LogP contribution >= 0.6 is 0 Å². The third-order valence-electron chi connectivity index (χ3n) is 5.40. The molecule has 0 saturated carbocycles. The third-order valence-corrected chi connectivity index (χ3v) is 5.40. The number of fused-ring (bicyclic) bond motifs is 1. The predicted molar refractivity (Wildman–Crippen MR) is 126 cm³/mol. The van der Waals surface area contributed by atoms with Crippen molar-refractivity contribution in [2.45, 2.75) is 41.2 Å². The normalized spacial score (nSPS) is 13.2. The van der Waals surface area contributed by atoms with Crippen molar-refractivity contribution in [2.24, 2.45) is 10.8 Å². The summed E-state index contributed by atoms with van der Waals surface area (Å²) in [5.74, 6) is 0.935. The lowest BCUT2D eigenvalue weighted by Gasteiger charge is -2.27. The highest BCUT2D eigenvalue weighted by atomic mass is 16.5. The largest absolute Gasteiger partial charge is 0.493 e. The van der Waals surface area contributed by atoms with E-state index in [1.54, 1.807) is 33.1 Å². The molecule has 0 spiro atoms. The minimum atomic E-state index is -0.896. The Balaban J connectivity index is 1.98. The van der Waals surface area contributed by atoms with Gasteiger partial charge in [-0.25, -0.2) is 0 Å². The average Bonchev–Trinajstić information content (AvgIpc) is 3.15. The van der Waals surface area contributed by atoms with Crippen molar-refractivity contribution in [3.63, 3.8) is 0 Å². The highest BCUT2D eigenvalue weighted by Gasteiger charge is 2.33. The van der Waals surface area contributed by atoms with E-state index in [2.05, 4.69) is 5.32 Å². The Morgan fingerprint density at radius 2 is 1.61 bits per heavy atom. The van der Waals surface area contributed by atoms with Gasteiger partial charge in [-0.1, -0.05) is 32.9 Å². The van der Waals surface area contributed by atoms with E-state index in [4.69, 9.17) is 18.9 Å². The zero-order chi connectivity index (χ0) is 24.4. The van der Waals surface area contributed by atoms with Gasteiger partial charge in [0.25, 0.3) is 5.91 Å². The van der Waals surface area contributed by atoms with E-state index in [9.17, 15) is 9.59 Å². The van der Waals surface area contributed by atoms with Gasteiger partial charge in [-0.2, -0.15) is 0 Å². The monoisotopic (exact) mass is 455 g/mol. The highest BCUT2D eigenvalue weighted by Crippen LogP contribution is 2.46. The average molecular weight is 456 g/mol. The van der Waals surface area contributed by atoms with Gasteiger partial charge >= 0.3 is 5.97 Å². The van der Waals surface area contributed by atoms with Gasteiger partial charge < -0.3 is 24.3 Å². The molecule has 1 heterocycles. The lowest BCUT2D eigenvalue weighted by molar-refractivity contribution is -0.158. The van der Waals surface area contributed by atoms with E-state index >= 15 is 0 Å². The molecule has 178 valence electrons. The van der Waals surface area contributed by atoms with Crippen LogP contribution in [0.1, 0.15) is 50.5 Å². The summed E-state index contributed by atoms with van der Waals surface area (Å²) in [5, 5.41) is 2.87. The number of esters is 1. The minimum Gasteiger partial charge on any atom is -0.493 e. The van der Waals surface area contributed by atoms with Crippen LogP contribution in [0.4, 0.5) is 0 Å². The molecule has 33 heavy (non-hydrogen) atoms. The van der Waals surface area contributed by atoms with Crippen LogP contribution in [0.2, 0.25) is 0 Å². The number of nitrogens with one attached hydrogen (secondary N) is 1. The zero-order valence-electron chi connectivity index (χ0n) is 20.5. The van der Waals surface area contributed by atoms with Crippen LogP contribution in [-0.4, -0.2) is 39.3 Å². The summed E-state index contributed by atoms with van der Waals surface area (Å²) >= 11 is 0. The summed E-state index contributed by atoms with van der Waals surface area (Å²) < 4.78 is 22.9. The first-order valence-corrected chi connectivity index (χ1v) is 10.9. The van der Waals surface area contributed by atoms with Crippen molar-refractivity contribution < 1.29 is 28.5 Å². The van der Waals surface area contributed by atoms with E-state index in [0.717, 1.165) is 16.7 Å². The summed E-state index contributed by atoms with van der Waals surface area (Å²) in [4.78, 5) is 24.9. The highest BCUT2D eigenvalue weighted by molar-refractivity contribution is 6.01. The summed E-state index contributed by atoms with van der Waals surface area (Å²) in [6, 6.07) is 9.26. The van der Waals surface area contributed by atoms with Crippen LogP contribution < -0.4 is 19.5 Å². The van der Waals surface area contributed by atoms with Gasteiger partial charge in [0.15, 0.2) is 11.5 Å². The zero-order valence-corrected chi connectivity index (χ0v) is 20.5. The Kier molecular flexibility index (Phi) is 6.91. The first-order chi connectivity index (χ1) is 15.5. The molecule has 1 N–H and O–H groups in total. The summed E-state index contributed by atoms with van der Waals surface area (Å²) in [6.07, 6.45) is 0. The number of hydrogen-bond donors (Lipinski definition) is 1. The standard InChI is InChI=1S/C26H33NO6/c1-25(2,3)14-33-24(29)26(4,5)15-32-21-17(11-12-20(30-6)22(21)31-7)16-9-8-10-18-19(16)13-27-23(18)28/h8-12H,13-15H2,1-7H3,(H,27,28). The van der Waals surface area contributed by atoms with Gasteiger partial charge in [-0.3, -0.25) is 9.59 Å². The topological polar surface area (TPSA) is 83.1 Å². The van der Waals surface area contributed by atoms with Crippen LogP contribution in [0.5, 0.6) is 17.2 Å². The number of hydrogen-bond acceptors (Lipinski definition) is 6. The van der Waals surface area contributed by atoms with Crippen molar-refractivity contribution >= 4 is 11.9 Å². The third kappa shape index (κ3) is 5.24. The second-order valence-corrected chi connectivity index (χ2v) is 10.0. The molecule has 3 rings (SSSR count). The molecule has 0 bridgehead atoms. The van der Waals surface area contributed by atoms with Crippen molar-refractivity contribution in [1.29, 1.82) is 0 Å². The molecule has 0 radical (unpaired) electrons. The van der Waals surface area contributed by atoms with E-state index in [1.807, 2.05) is 39.0 Å². The second kappa shape index (κ2) is 9.33. The van der Waals surface area contributed by atoms with Crippen LogP contribution in [-0.2, 0) is 16.1 Å². The van der Waals surface area contributed by atoms with Gasteiger partial charge in [0.05, 0.1) is 26.2 Å². The maximum absolute atomic E-state index is 12.8. The number of rotatable bonds is 8. The summed E-state index contributed by atoms with van der Waals surface area (Å²) in [6.45, 7) is 10.4. The first kappa shape index (κ1) is 24.4. The van der Waals surface area contributed by atoms with E-state index in [0.29, 0.717) is 36.0 Å². The van der Waals surface area contributed by atoms with Crippen LogP contribution in [0.15, 0.2) is 30.3 Å². The number of benzene rings is 2. The number of ether oxygens (including phenoxy) is 4. The van der Waals surface area contributed by atoms with Gasteiger partial charge in [0.1, 0.15) is 6.61 Å². The fourth-order valence-electron chi connectivity index (χ4n) is 3.55. The molecule has 1 aliphatic rings. The van der Waals surface area contributed by atoms with Crippen molar-refractivity contribution in [2.75, 3.05) is 27.4 Å². The Morgan fingerprint density at radius 3 is 2.24 bits per heavy atom. The Bertz CT molecular complexity index is 1050. The molecule has 0 saturated heterocycles. The molecule has 7 nitrogen and oxygen atoms in total. The first-order valence-electron chi connectivity index (χ1n) is 10.9. The lowest BCUT2D eigenvalue weighted by Crippen LogP contribution is -2.34. The maximum atomic E-state index is 12.8. The number of carbonyl (C=O) groups is 2. The fraction of sp³-hybridized carbons (Fsp3) is 0.462. The predicted octanol–water partition coefficient (Wildman–Crippen LogP) is 4.61. The van der Waals surface area contributed by atoms with Gasteiger partial charge in [0, 0.05) is 17.7 Å². The van der Waals surface area contributed by atoms with E-state index < -0.39 is 5.41 Å². The summed E-state index contributed by atoms with van der Waals surface area (Å²) in [5.41, 5.74) is 2.11. The van der Waals surface area contributed by atoms with Gasteiger partial charge in [-0.15, -0.1) is 0 Å². The van der Waals surface area contributed by atoms with Crippen molar-refractivity contribution in [3.05, 3.63) is 41.5 Å². The van der Waals surface area contributed by atoms with Crippen molar-refractivity contribution in [1.82, 2.24) is 5.32 Å². The lowest BCUT2D eigenvalue weighted by atomic mass is 9.93. The van der Waals surface area contributed by atoms with E-state index in [1.165, 1.54) is 7.11 Å². The molecule has 0 atom stereocenters. The molecular formula is C26H33NO6. The molecule has 1 amide bonds. The molecule has 7 heteroatoms. The Labute approximate surface area is 195 Å². The second-order valence-electron chi connectivity index (χ2n) is 10.0. The molecule has 1 aliphatic heterocycles. The minimum absolute atomic E-state index is 0.0682. The summed E-state index contributed by atoms with van der Waals surface area (Å²) in [7, 11) is 3.09. The van der Waals surface area contributed by atoms with Gasteiger partial charge in [-0.05, 0) is 48.6 Å². The fourth-order valence-corrected chi connectivity index (χ4v) is 3.55. The molecular weight excluding hydrogens is 422 g/mol. The maximum Gasteiger partial charge on any atom is 0.314 e. The molecule has 2 aromatic carbocycles. The number of amides is 1. The van der Waals surface area contributed by atoms with Gasteiger partial charge in [0.2, 0.25) is 5.75 Å². The number of carbonyl (C=O) groups excluding carboxylic acids is 2. The number of methoxy groups -OCH3 is 2. The molecule has 0 unspecified atom stereocenters. The molecule has 2 aromatic rings. The molecule has 0 fully saturated rings. The van der Waals surface area contributed by atoms with Crippen LogP contribution in [0.3, 0.4) is 0 Å². The van der Waals surface area contributed by atoms with E-state index in [-0.39, 0.29) is 23.9 Å². The Hall–Kier alpha value is -3.22. The quantitative estimate of drug-likeness (QED) is 0.586. The molecule has 0 aliphatic carbocycles. The Morgan fingerprint density at radius 1 is 0.909 bits per heavy atom. The smallest absolute Gasteiger partial charge is 0.314 e. The molecule has 0 aromatic heterocycles. The van der Waals surface area contributed by atoms with Crippen molar-refractivity contribution in [3.8, 4) is 28.4 Å². The SMILES string of the molecule is COc1ccc(-c2cccc3c2CNC3=O)c(OCC(C)(C)C(=O)OCC(C)(C)C)c1OC.